The van der Waals surface area contributed by atoms with Crippen molar-refractivity contribution in [3.8, 4) is 0 Å². The first-order valence-corrected chi connectivity index (χ1v) is 13.0. The number of alkyl halides is 2. The number of hydrogen-bond acceptors (Lipinski definition) is 7. The number of aromatic nitrogens is 2. The molecule has 1 saturated heterocycles. The lowest BCUT2D eigenvalue weighted by molar-refractivity contribution is 0.0131. The highest BCUT2D eigenvalue weighted by molar-refractivity contribution is 6.49. The minimum atomic E-state index is -3.58. The lowest BCUT2D eigenvalue weighted by Gasteiger charge is -2.35. The topological polar surface area (TPSA) is 124 Å². The molecule has 1 aliphatic heterocycles. The second-order valence-corrected chi connectivity index (χ2v) is 12.3. The van der Waals surface area contributed by atoms with Crippen molar-refractivity contribution in [3.63, 3.8) is 0 Å². The zero-order valence-corrected chi connectivity index (χ0v) is 24.2. The summed E-state index contributed by atoms with van der Waals surface area (Å²) in [6.45, 7) is 13.3. The molecule has 1 aliphatic carbocycles. The minimum Gasteiger partial charge on any atom is -0.444 e. The summed E-state index contributed by atoms with van der Waals surface area (Å²) in [4.78, 5) is 52.4. The molecule has 3 rings (SSSR count). The third-order valence-electron chi connectivity index (χ3n) is 5.89. The molecular formula is C25H36ClF2N5O6. The Balaban J connectivity index is 2.04. The van der Waals surface area contributed by atoms with Crippen molar-refractivity contribution in [3.05, 3.63) is 37.8 Å². The van der Waals surface area contributed by atoms with E-state index in [0.717, 1.165) is 4.57 Å². The molecule has 2 amide bonds. The predicted molar refractivity (Wildman–Crippen MR) is 142 cm³/mol. The van der Waals surface area contributed by atoms with Crippen molar-refractivity contribution < 1.29 is 27.8 Å². The zero-order valence-electron chi connectivity index (χ0n) is 23.4. The van der Waals surface area contributed by atoms with Crippen LogP contribution in [-0.2, 0) is 15.9 Å². The van der Waals surface area contributed by atoms with Gasteiger partial charge in [0, 0.05) is 19.1 Å². The first-order valence-electron chi connectivity index (χ1n) is 12.6. The van der Waals surface area contributed by atoms with E-state index in [1.165, 1.54) is 4.90 Å². The monoisotopic (exact) mass is 575 g/mol. The smallest absolute Gasteiger partial charge is 0.427 e. The molecule has 2 N–H and O–H groups in total. The molecule has 2 heterocycles. The van der Waals surface area contributed by atoms with Crippen LogP contribution in [0.2, 0.25) is 0 Å². The third-order valence-corrected chi connectivity index (χ3v) is 6.25. The maximum absolute atomic E-state index is 15.6. The van der Waals surface area contributed by atoms with E-state index in [0.29, 0.717) is 11.1 Å². The van der Waals surface area contributed by atoms with Crippen LogP contribution < -0.4 is 22.0 Å². The molecule has 39 heavy (non-hydrogen) atoms. The highest BCUT2D eigenvalue weighted by atomic mass is 35.5. The fourth-order valence-electron chi connectivity index (χ4n) is 4.54. The average molecular weight is 576 g/mol. The van der Waals surface area contributed by atoms with Crippen LogP contribution >= 0.6 is 11.6 Å². The normalized spacial score (nSPS) is 19.2. The van der Waals surface area contributed by atoms with E-state index in [1.807, 2.05) is 0 Å². The molecule has 2 aliphatic rings. The Morgan fingerprint density at radius 2 is 1.62 bits per heavy atom. The number of carbonyl (C=O) groups excluding carboxylic acids is 2. The molecule has 0 spiro atoms. The number of rotatable bonds is 4. The number of ether oxygens (including phenoxy) is 2. The van der Waals surface area contributed by atoms with Crippen LogP contribution in [0.5, 0.6) is 0 Å². The molecule has 1 unspecified atom stereocenters. The van der Waals surface area contributed by atoms with Crippen LogP contribution in [0.1, 0.15) is 79.1 Å². The van der Waals surface area contributed by atoms with Crippen molar-refractivity contribution in [2.45, 2.75) is 97.4 Å². The van der Waals surface area contributed by atoms with Crippen LogP contribution in [-0.4, -0.2) is 62.6 Å². The number of carbonyl (C=O) groups is 2. The van der Waals surface area contributed by atoms with Gasteiger partial charge >= 0.3 is 17.9 Å². The largest absolute Gasteiger partial charge is 0.444 e. The third kappa shape index (κ3) is 6.74. The van der Waals surface area contributed by atoms with Gasteiger partial charge in [-0.15, -0.1) is 0 Å². The van der Waals surface area contributed by atoms with E-state index < -0.39 is 75.4 Å². The summed E-state index contributed by atoms with van der Waals surface area (Å²) in [5, 5.41) is 2.24. The van der Waals surface area contributed by atoms with Crippen LogP contribution in [0.3, 0.4) is 0 Å². The molecule has 11 nitrogen and oxygen atoms in total. The molecule has 0 aromatic carbocycles. The van der Waals surface area contributed by atoms with Gasteiger partial charge in [-0.05, 0) is 61.8 Å². The molecule has 0 saturated carbocycles. The number of alkyl carbamates (subject to hydrolysis) is 1. The fraction of sp³-hybridized carbons (Fsp3) is 0.680. The Bertz CT molecular complexity index is 1310. The van der Waals surface area contributed by atoms with Crippen molar-refractivity contribution >= 4 is 28.8 Å². The van der Waals surface area contributed by atoms with Crippen LogP contribution in [0.25, 0.3) is 5.03 Å². The SMILES string of the molecule is CC(C)n1c2c(c(=O)n(NC(=O)OC(C)(C)C)c1=O)CC(F)(F)C(N1CCC(NC(=O)OC(C)(C)C)C1)=C2Cl. The van der Waals surface area contributed by atoms with Crippen LogP contribution in [0.15, 0.2) is 15.3 Å². The second kappa shape index (κ2) is 10.5. The number of nitrogens with one attached hydrogen (secondary N) is 2. The molecule has 1 aromatic heterocycles. The summed E-state index contributed by atoms with van der Waals surface area (Å²) in [5.74, 6) is -3.58. The summed E-state index contributed by atoms with van der Waals surface area (Å²) in [6, 6.07) is -1.09. The molecule has 1 atom stereocenters. The van der Waals surface area contributed by atoms with Gasteiger partial charge in [0.2, 0.25) is 0 Å². The summed E-state index contributed by atoms with van der Waals surface area (Å²) in [7, 11) is 0. The van der Waals surface area contributed by atoms with E-state index in [1.54, 1.807) is 55.4 Å². The number of fused-ring (bicyclic) bond motifs is 1. The van der Waals surface area contributed by atoms with E-state index in [2.05, 4.69) is 10.7 Å². The van der Waals surface area contributed by atoms with Crippen molar-refractivity contribution in [2.75, 3.05) is 18.5 Å². The maximum atomic E-state index is 15.6. The minimum absolute atomic E-state index is 0.0267. The highest BCUT2D eigenvalue weighted by Crippen LogP contribution is 2.44. The van der Waals surface area contributed by atoms with Crippen LogP contribution in [0, 0.1) is 0 Å². The molecule has 1 aromatic rings. The molecule has 1 fully saturated rings. The summed E-state index contributed by atoms with van der Waals surface area (Å²) in [5.41, 5.74) is -2.75. The molecule has 0 radical (unpaired) electrons. The lowest BCUT2D eigenvalue weighted by Crippen LogP contribution is -2.52. The second-order valence-electron chi connectivity index (χ2n) is 11.9. The zero-order chi connectivity index (χ0) is 29.7. The van der Waals surface area contributed by atoms with Gasteiger partial charge < -0.3 is 19.7 Å². The summed E-state index contributed by atoms with van der Waals surface area (Å²) < 4.78 is 43.1. The van der Waals surface area contributed by atoms with Gasteiger partial charge in [-0.25, -0.2) is 19.8 Å². The molecular weight excluding hydrogens is 540 g/mol. The van der Waals surface area contributed by atoms with Crippen LogP contribution in [0.4, 0.5) is 18.4 Å². The number of hydrogen-bond donors (Lipinski definition) is 2. The number of allylic oxidation sites excluding steroid dienone is 1. The predicted octanol–water partition coefficient (Wildman–Crippen LogP) is 3.77. The van der Waals surface area contributed by atoms with Gasteiger partial charge in [0.05, 0.1) is 28.8 Å². The van der Waals surface area contributed by atoms with Gasteiger partial charge in [0.1, 0.15) is 16.9 Å². The number of nitrogens with zero attached hydrogens (tertiary/aromatic N) is 3. The standard InChI is InChI=1S/C25H36ClF2N5O6/c1-13(2)32-17-15(19(34)33(22(32)37)30-21(36)39-24(6,7)8)11-25(27,28)18(16(17)26)31-10-9-14(12-31)29-20(35)38-23(3,4)5/h13-14H,9-12H2,1-8H3,(H,29,35)(H,30,36). The van der Waals surface area contributed by atoms with Crippen molar-refractivity contribution in [1.29, 1.82) is 0 Å². The Hall–Kier alpha value is -3.09. The lowest BCUT2D eigenvalue weighted by atomic mass is 9.95. The Morgan fingerprint density at radius 1 is 1.05 bits per heavy atom. The number of likely N-dealkylation sites (tertiary alicyclic amines) is 1. The number of amides is 2. The fourth-order valence-corrected chi connectivity index (χ4v) is 5.01. The van der Waals surface area contributed by atoms with Crippen molar-refractivity contribution in [2.24, 2.45) is 0 Å². The van der Waals surface area contributed by atoms with Gasteiger partial charge in [0.25, 0.3) is 11.5 Å². The number of halogens is 3. The Labute approximate surface area is 230 Å². The molecule has 218 valence electrons. The quantitative estimate of drug-likeness (QED) is 0.560. The first kappa shape index (κ1) is 30.5. The van der Waals surface area contributed by atoms with Gasteiger partial charge in [-0.1, -0.05) is 11.6 Å². The Kier molecular flexibility index (Phi) is 8.18. The van der Waals surface area contributed by atoms with E-state index in [4.69, 9.17) is 21.1 Å². The summed E-state index contributed by atoms with van der Waals surface area (Å²) in [6.07, 6.45) is -2.45. The van der Waals surface area contributed by atoms with E-state index in [-0.39, 0.29) is 18.8 Å². The Morgan fingerprint density at radius 3 is 2.15 bits per heavy atom. The van der Waals surface area contributed by atoms with Gasteiger partial charge in [-0.2, -0.15) is 13.5 Å². The summed E-state index contributed by atoms with van der Waals surface area (Å²) >= 11 is 6.58. The molecule has 14 heteroatoms. The first-order chi connectivity index (χ1) is 17.7. The van der Waals surface area contributed by atoms with Crippen molar-refractivity contribution in [1.82, 2.24) is 19.5 Å². The van der Waals surface area contributed by atoms with E-state index >= 15 is 8.78 Å². The van der Waals surface area contributed by atoms with Gasteiger partial charge in [0.15, 0.2) is 0 Å². The molecule has 0 bridgehead atoms. The van der Waals surface area contributed by atoms with E-state index in [9.17, 15) is 19.2 Å². The average Bonchev–Trinajstić information content (AvgIpc) is 3.16. The van der Waals surface area contributed by atoms with Gasteiger partial charge in [-0.3, -0.25) is 9.36 Å². The highest BCUT2D eigenvalue weighted by Gasteiger charge is 2.48. The maximum Gasteiger partial charge on any atom is 0.427 e.